The molecule has 0 bridgehead atoms. The molecule has 2 saturated heterocycles. The van der Waals surface area contributed by atoms with Crippen molar-refractivity contribution < 1.29 is 19.2 Å². The van der Waals surface area contributed by atoms with Crippen LogP contribution in [-0.2, 0) is 4.74 Å². The average molecular weight is 496 g/mol. The Morgan fingerprint density at radius 2 is 1.61 bits per heavy atom. The number of benzene rings is 2. The van der Waals surface area contributed by atoms with Gasteiger partial charge in [-0.3, -0.25) is 14.9 Å². The van der Waals surface area contributed by atoms with Crippen molar-refractivity contribution in [1.29, 1.82) is 0 Å². The number of anilines is 3. The third-order valence-electron chi connectivity index (χ3n) is 6.96. The van der Waals surface area contributed by atoms with E-state index in [0.29, 0.717) is 16.9 Å². The number of hydrogen-bond donors (Lipinski definition) is 1. The summed E-state index contributed by atoms with van der Waals surface area (Å²) in [5.74, 6) is -0.952. The van der Waals surface area contributed by atoms with E-state index in [0.717, 1.165) is 70.8 Å². The van der Waals surface area contributed by atoms with Crippen molar-refractivity contribution in [2.75, 3.05) is 68.0 Å². The van der Waals surface area contributed by atoms with E-state index in [4.69, 9.17) is 4.74 Å². The van der Waals surface area contributed by atoms with E-state index in [1.807, 2.05) is 6.07 Å². The average Bonchev–Trinajstić information content (AvgIpc) is 2.92. The lowest BCUT2D eigenvalue weighted by Gasteiger charge is -2.36. The van der Waals surface area contributed by atoms with Gasteiger partial charge in [0.15, 0.2) is 0 Å². The highest BCUT2D eigenvalue weighted by atomic mass is 16.6. The number of carbonyl (C=O) groups is 2. The lowest BCUT2D eigenvalue weighted by Crippen LogP contribution is -2.46. The van der Waals surface area contributed by atoms with Gasteiger partial charge in [-0.25, -0.2) is 4.79 Å². The molecular weight excluding hydrogens is 462 g/mol. The Morgan fingerprint density at radius 1 is 0.944 bits per heavy atom. The van der Waals surface area contributed by atoms with Crippen molar-refractivity contribution in [3.8, 4) is 0 Å². The van der Waals surface area contributed by atoms with Crippen LogP contribution in [0.15, 0.2) is 36.4 Å². The quantitative estimate of drug-likeness (QED) is 0.351. The second-order valence-corrected chi connectivity index (χ2v) is 9.11. The van der Waals surface area contributed by atoms with Crippen LogP contribution in [-0.4, -0.2) is 74.6 Å². The second-order valence-electron chi connectivity index (χ2n) is 9.11. The summed E-state index contributed by atoms with van der Waals surface area (Å²) >= 11 is 0. The van der Waals surface area contributed by atoms with Gasteiger partial charge in [0.25, 0.3) is 11.6 Å². The van der Waals surface area contributed by atoms with Crippen LogP contribution in [0.5, 0.6) is 0 Å². The lowest BCUT2D eigenvalue weighted by atomic mass is 10.1. The Balaban J connectivity index is 1.69. The zero-order valence-electron chi connectivity index (χ0n) is 20.9. The Kier molecular flexibility index (Phi) is 8.04. The topological polar surface area (TPSA) is 108 Å². The number of nitro benzene ring substituents is 1. The number of amides is 1. The third kappa shape index (κ3) is 5.59. The smallest absolute Gasteiger partial charge is 0.337 e. The molecule has 0 saturated carbocycles. The number of piperidine rings is 1. The molecule has 0 aromatic heterocycles. The highest BCUT2D eigenvalue weighted by molar-refractivity contribution is 6.10. The summed E-state index contributed by atoms with van der Waals surface area (Å²) in [6, 6.07) is 9.57. The number of piperazine rings is 1. The highest BCUT2D eigenvalue weighted by Crippen LogP contribution is 2.32. The van der Waals surface area contributed by atoms with Gasteiger partial charge in [-0.15, -0.1) is 0 Å². The van der Waals surface area contributed by atoms with Crippen LogP contribution in [0.4, 0.5) is 22.7 Å². The number of methoxy groups -OCH3 is 1. The molecule has 2 heterocycles. The Bertz CT molecular complexity index is 1120. The van der Waals surface area contributed by atoms with E-state index >= 15 is 0 Å². The van der Waals surface area contributed by atoms with Gasteiger partial charge in [0.2, 0.25) is 0 Å². The van der Waals surface area contributed by atoms with Gasteiger partial charge in [0.05, 0.1) is 40.2 Å². The van der Waals surface area contributed by atoms with E-state index in [9.17, 15) is 19.7 Å². The van der Waals surface area contributed by atoms with Crippen LogP contribution in [0, 0.1) is 10.1 Å². The van der Waals surface area contributed by atoms with Crippen LogP contribution in [0.3, 0.4) is 0 Å². The summed E-state index contributed by atoms with van der Waals surface area (Å²) in [6.45, 7) is 8.05. The molecule has 2 fully saturated rings. The normalized spacial score (nSPS) is 16.5. The van der Waals surface area contributed by atoms with Crippen molar-refractivity contribution >= 4 is 34.6 Å². The third-order valence-corrected chi connectivity index (χ3v) is 6.96. The maximum absolute atomic E-state index is 13.6. The molecule has 0 atom stereocenters. The summed E-state index contributed by atoms with van der Waals surface area (Å²) in [4.78, 5) is 43.5. The van der Waals surface area contributed by atoms with Crippen molar-refractivity contribution in [3.05, 3.63) is 57.6 Å². The number of non-ortho nitro benzene ring substituents is 1. The number of likely N-dealkylation sites (N-methyl/N-ethyl adjacent to an activating group) is 1. The molecule has 2 aliphatic heterocycles. The van der Waals surface area contributed by atoms with Gasteiger partial charge in [0.1, 0.15) is 0 Å². The summed E-state index contributed by atoms with van der Waals surface area (Å²) in [5, 5.41) is 14.4. The van der Waals surface area contributed by atoms with Crippen molar-refractivity contribution in [2.45, 2.75) is 26.2 Å². The first kappa shape index (κ1) is 25.4. The van der Waals surface area contributed by atoms with E-state index in [1.165, 1.54) is 19.2 Å². The van der Waals surface area contributed by atoms with Gasteiger partial charge in [-0.2, -0.15) is 0 Å². The summed E-state index contributed by atoms with van der Waals surface area (Å²) in [7, 11) is 1.31. The van der Waals surface area contributed by atoms with Gasteiger partial charge in [-0.05, 0) is 50.1 Å². The maximum atomic E-state index is 13.6. The molecule has 10 nitrogen and oxygen atoms in total. The molecule has 0 radical (unpaired) electrons. The first-order valence-corrected chi connectivity index (χ1v) is 12.5. The molecular formula is C26H33N5O5. The van der Waals surface area contributed by atoms with Gasteiger partial charge in [0, 0.05) is 51.4 Å². The number of nitrogens with zero attached hydrogens (tertiary/aromatic N) is 4. The molecule has 2 aromatic carbocycles. The van der Waals surface area contributed by atoms with Crippen LogP contribution >= 0.6 is 0 Å². The predicted molar refractivity (Wildman–Crippen MR) is 139 cm³/mol. The Hall–Kier alpha value is -3.66. The Morgan fingerprint density at radius 3 is 2.25 bits per heavy atom. The standard InChI is InChI=1S/C26H33N5O5/c1-3-28-13-15-30(16-14-28)24-9-7-19(26(33)36-2)17-22(24)27-25(32)21-18-20(31(34)35)8-10-23(21)29-11-5-4-6-12-29/h7-10,17-18H,3-6,11-16H2,1-2H3,(H,27,32). The van der Waals surface area contributed by atoms with E-state index in [2.05, 4.69) is 26.9 Å². The van der Waals surface area contributed by atoms with Gasteiger partial charge < -0.3 is 24.8 Å². The van der Waals surface area contributed by atoms with Crippen LogP contribution in [0.25, 0.3) is 0 Å². The lowest BCUT2D eigenvalue weighted by molar-refractivity contribution is -0.384. The van der Waals surface area contributed by atoms with Crippen LogP contribution < -0.4 is 15.1 Å². The first-order valence-electron chi connectivity index (χ1n) is 12.5. The van der Waals surface area contributed by atoms with Crippen LogP contribution in [0.2, 0.25) is 0 Å². The monoisotopic (exact) mass is 495 g/mol. The highest BCUT2D eigenvalue weighted by Gasteiger charge is 2.25. The summed E-state index contributed by atoms with van der Waals surface area (Å²) in [5.41, 5.74) is 2.39. The van der Waals surface area contributed by atoms with Crippen molar-refractivity contribution in [2.24, 2.45) is 0 Å². The van der Waals surface area contributed by atoms with E-state index in [1.54, 1.807) is 18.2 Å². The number of ether oxygens (including phenoxy) is 1. The fourth-order valence-corrected chi connectivity index (χ4v) is 4.88. The van der Waals surface area contributed by atoms with Gasteiger partial charge in [-0.1, -0.05) is 6.92 Å². The molecule has 4 rings (SSSR count). The van der Waals surface area contributed by atoms with E-state index in [-0.39, 0.29) is 11.3 Å². The number of nitrogens with one attached hydrogen (secondary N) is 1. The molecule has 0 unspecified atom stereocenters. The molecule has 192 valence electrons. The molecule has 36 heavy (non-hydrogen) atoms. The van der Waals surface area contributed by atoms with E-state index < -0.39 is 16.8 Å². The largest absolute Gasteiger partial charge is 0.465 e. The molecule has 0 spiro atoms. The molecule has 1 amide bonds. The number of esters is 1. The summed E-state index contributed by atoms with van der Waals surface area (Å²) < 4.78 is 4.88. The number of hydrogen-bond acceptors (Lipinski definition) is 8. The fraction of sp³-hybridized carbons (Fsp3) is 0.462. The summed E-state index contributed by atoms with van der Waals surface area (Å²) in [6.07, 6.45) is 3.14. The van der Waals surface area contributed by atoms with Crippen LogP contribution in [0.1, 0.15) is 46.9 Å². The second kappa shape index (κ2) is 11.4. The van der Waals surface area contributed by atoms with Crippen molar-refractivity contribution in [1.82, 2.24) is 4.90 Å². The van der Waals surface area contributed by atoms with Crippen molar-refractivity contribution in [3.63, 3.8) is 0 Å². The molecule has 2 aliphatic rings. The molecule has 10 heteroatoms. The fourth-order valence-electron chi connectivity index (χ4n) is 4.88. The number of carbonyl (C=O) groups excluding carboxylic acids is 2. The minimum atomic E-state index is -0.503. The van der Waals surface area contributed by atoms with Gasteiger partial charge >= 0.3 is 5.97 Å². The Labute approximate surface area is 211 Å². The molecule has 2 aromatic rings. The SMILES string of the molecule is CCN1CCN(c2ccc(C(=O)OC)cc2NC(=O)c2cc([N+](=O)[O-])ccc2N2CCCCC2)CC1. The zero-order chi connectivity index (χ0) is 25.7. The maximum Gasteiger partial charge on any atom is 0.337 e. The zero-order valence-corrected chi connectivity index (χ0v) is 20.9. The number of rotatable bonds is 7. The molecule has 1 N–H and O–H groups in total. The first-order chi connectivity index (χ1) is 17.4. The predicted octanol–water partition coefficient (Wildman–Crippen LogP) is 3.77. The minimum Gasteiger partial charge on any atom is -0.465 e. The number of nitro groups is 1. The molecule has 0 aliphatic carbocycles. The minimum absolute atomic E-state index is 0.139.